The van der Waals surface area contributed by atoms with Gasteiger partial charge in [-0.25, -0.2) is 0 Å². The third-order valence-corrected chi connectivity index (χ3v) is 1.96. The normalized spacial score (nSPS) is 11.2. The van der Waals surface area contributed by atoms with Crippen LogP contribution in [0.2, 0.25) is 0 Å². The molecule has 0 unspecified atom stereocenters. The third kappa shape index (κ3) is 3.75. The highest BCUT2D eigenvalue weighted by Gasteiger charge is 2.19. The number of aliphatic hydroxyl groups excluding tert-OH is 1. The molecule has 0 spiro atoms. The van der Waals surface area contributed by atoms with E-state index in [0.717, 1.165) is 6.42 Å². The maximum atomic E-state index is 8.74. The van der Waals surface area contributed by atoms with Crippen LogP contribution in [0.15, 0.2) is 0 Å². The van der Waals surface area contributed by atoms with Crippen molar-refractivity contribution in [1.29, 1.82) is 0 Å². The maximum absolute atomic E-state index is 8.74. The van der Waals surface area contributed by atoms with Gasteiger partial charge in [0.05, 0.1) is 12.1 Å². The van der Waals surface area contributed by atoms with E-state index < -0.39 is 0 Å². The second-order valence-corrected chi connectivity index (χ2v) is 3.36. The Balaban J connectivity index is 4.17. The number of nitrogens with zero attached hydrogens (tertiary/aromatic N) is 1. The molecule has 0 fully saturated rings. The molecular weight excluding hydrogens is 150 g/mol. The van der Waals surface area contributed by atoms with E-state index in [1.807, 2.05) is 14.0 Å². The predicted molar refractivity (Wildman–Crippen MR) is 51.9 cm³/mol. The molecule has 0 aromatic carbocycles. The molecule has 0 saturated heterocycles. The monoisotopic (exact) mass is 169 g/mol. The van der Waals surface area contributed by atoms with Crippen molar-refractivity contribution in [3.63, 3.8) is 0 Å². The van der Waals surface area contributed by atoms with Crippen LogP contribution in [0, 0.1) is 11.8 Å². The standard InChI is InChI=1S/C10H19NO/c1-5-6-7-10(2,3)11(4)8-9-12/h12H,5,8-9H2,1-4H3. The number of likely N-dealkylation sites (N-methyl/N-ethyl adjacent to an activating group) is 1. The van der Waals surface area contributed by atoms with Crippen molar-refractivity contribution in [3.8, 4) is 11.8 Å². The van der Waals surface area contributed by atoms with E-state index in [4.69, 9.17) is 5.11 Å². The molecule has 2 nitrogen and oxygen atoms in total. The second-order valence-electron chi connectivity index (χ2n) is 3.36. The van der Waals surface area contributed by atoms with Crippen molar-refractivity contribution in [2.75, 3.05) is 20.2 Å². The zero-order valence-corrected chi connectivity index (χ0v) is 8.52. The molecule has 0 atom stereocenters. The van der Waals surface area contributed by atoms with Gasteiger partial charge < -0.3 is 5.11 Å². The van der Waals surface area contributed by atoms with Gasteiger partial charge >= 0.3 is 0 Å². The van der Waals surface area contributed by atoms with Gasteiger partial charge in [0.2, 0.25) is 0 Å². The van der Waals surface area contributed by atoms with Crippen LogP contribution in [-0.4, -0.2) is 35.7 Å². The highest BCUT2D eigenvalue weighted by Crippen LogP contribution is 2.09. The summed E-state index contributed by atoms with van der Waals surface area (Å²) >= 11 is 0. The molecule has 2 heteroatoms. The summed E-state index contributed by atoms with van der Waals surface area (Å²) in [5.74, 6) is 6.21. The van der Waals surface area contributed by atoms with Gasteiger partial charge in [-0.1, -0.05) is 12.8 Å². The summed E-state index contributed by atoms with van der Waals surface area (Å²) in [5, 5.41) is 8.74. The van der Waals surface area contributed by atoms with Crippen molar-refractivity contribution < 1.29 is 5.11 Å². The van der Waals surface area contributed by atoms with E-state index in [2.05, 4.69) is 30.6 Å². The minimum atomic E-state index is -0.126. The molecule has 0 aromatic heterocycles. The van der Waals surface area contributed by atoms with Crippen LogP contribution in [0.5, 0.6) is 0 Å². The van der Waals surface area contributed by atoms with E-state index in [0.29, 0.717) is 6.54 Å². The van der Waals surface area contributed by atoms with Crippen LogP contribution in [0.1, 0.15) is 27.2 Å². The Morgan fingerprint density at radius 2 is 2.00 bits per heavy atom. The molecule has 0 aromatic rings. The summed E-state index contributed by atoms with van der Waals surface area (Å²) in [7, 11) is 1.97. The molecule has 1 N–H and O–H groups in total. The Kier molecular flexibility index (Phi) is 4.96. The molecule has 0 saturated carbocycles. The largest absolute Gasteiger partial charge is 0.395 e. The lowest BCUT2D eigenvalue weighted by Gasteiger charge is -2.30. The quantitative estimate of drug-likeness (QED) is 0.640. The first-order valence-electron chi connectivity index (χ1n) is 4.36. The van der Waals surface area contributed by atoms with E-state index in [-0.39, 0.29) is 12.1 Å². The number of aliphatic hydroxyl groups is 1. The van der Waals surface area contributed by atoms with Gasteiger partial charge in [-0.3, -0.25) is 4.90 Å². The molecule has 0 bridgehead atoms. The van der Waals surface area contributed by atoms with Crippen LogP contribution in [-0.2, 0) is 0 Å². The molecular formula is C10H19NO. The summed E-state index contributed by atoms with van der Waals surface area (Å²) in [6.07, 6.45) is 0.885. The fraction of sp³-hybridized carbons (Fsp3) is 0.800. The minimum absolute atomic E-state index is 0.126. The topological polar surface area (TPSA) is 23.5 Å². The Bertz CT molecular complexity index is 176. The maximum Gasteiger partial charge on any atom is 0.0767 e. The molecule has 12 heavy (non-hydrogen) atoms. The van der Waals surface area contributed by atoms with E-state index in [9.17, 15) is 0 Å². The molecule has 0 aliphatic carbocycles. The SMILES string of the molecule is CCC#CC(C)(C)N(C)CCO. The lowest BCUT2D eigenvalue weighted by Crippen LogP contribution is -2.41. The number of rotatable bonds is 3. The number of β-amino-alcohol motifs (C(OH)–C–C–N with tert-alkyl or cyclic N) is 1. The Labute approximate surface area is 75.6 Å². The molecule has 0 aliphatic heterocycles. The molecule has 0 aliphatic rings. The average molecular weight is 169 g/mol. The summed E-state index contributed by atoms with van der Waals surface area (Å²) in [6.45, 7) is 7.02. The lowest BCUT2D eigenvalue weighted by atomic mass is 10.0. The van der Waals surface area contributed by atoms with Crippen molar-refractivity contribution in [2.45, 2.75) is 32.7 Å². The van der Waals surface area contributed by atoms with Crippen molar-refractivity contribution in [1.82, 2.24) is 4.90 Å². The summed E-state index contributed by atoms with van der Waals surface area (Å²) in [6, 6.07) is 0. The Morgan fingerprint density at radius 3 is 2.42 bits per heavy atom. The highest BCUT2D eigenvalue weighted by atomic mass is 16.3. The number of hydrogen-bond donors (Lipinski definition) is 1. The summed E-state index contributed by atoms with van der Waals surface area (Å²) in [5.41, 5.74) is -0.126. The average Bonchev–Trinajstić information content (AvgIpc) is 2.01. The van der Waals surface area contributed by atoms with E-state index in [1.54, 1.807) is 0 Å². The van der Waals surface area contributed by atoms with Crippen LogP contribution < -0.4 is 0 Å². The van der Waals surface area contributed by atoms with Crippen LogP contribution >= 0.6 is 0 Å². The van der Waals surface area contributed by atoms with Crippen LogP contribution in [0.25, 0.3) is 0 Å². The molecule has 0 rings (SSSR count). The van der Waals surface area contributed by atoms with Crippen LogP contribution in [0.4, 0.5) is 0 Å². The predicted octanol–water partition coefficient (Wildman–Crippen LogP) is 1.10. The van der Waals surface area contributed by atoms with Gasteiger partial charge in [-0.05, 0) is 20.9 Å². The fourth-order valence-corrected chi connectivity index (χ4v) is 0.830. The first kappa shape index (κ1) is 11.5. The van der Waals surface area contributed by atoms with Crippen molar-refractivity contribution in [3.05, 3.63) is 0 Å². The number of hydrogen-bond acceptors (Lipinski definition) is 2. The fourth-order valence-electron chi connectivity index (χ4n) is 0.830. The van der Waals surface area contributed by atoms with Gasteiger partial charge in [0.1, 0.15) is 0 Å². The second kappa shape index (κ2) is 5.18. The molecule has 0 heterocycles. The Hall–Kier alpha value is -0.520. The smallest absolute Gasteiger partial charge is 0.0767 e. The van der Waals surface area contributed by atoms with Crippen LogP contribution in [0.3, 0.4) is 0 Å². The van der Waals surface area contributed by atoms with Crippen molar-refractivity contribution in [2.24, 2.45) is 0 Å². The van der Waals surface area contributed by atoms with E-state index in [1.165, 1.54) is 0 Å². The van der Waals surface area contributed by atoms with Crippen molar-refractivity contribution >= 4 is 0 Å². The highest BCUT2D eigenvalue weighted by molar-refractivity contribution is 5.13. The van der Waals surface area contributed by atoms with Gasteiger partial charge in [0, 0.05) is 13.0 Å². The first-order valence-corrected chi connectivity index (χ1v) is 4.36. The Morgan fingerprint density at radius 1 is 1.42 bits per heavy atom. The first-order chi connectivity index (χ1) is 5.54. The van der Waals surface area contributed by atoms with Gasteiger partial charge in [-0.2, -0.15) is 0 Å². The van der Waals surface area contributed by atoms with Gasteiger partial charge in [-0.15, -0.1) is 5.92 Å². The third-order valence-electron chi connectivity index (χ3n) is 1.96. The molecule has 0 amide bonds. The summed E-state index contributed by atoms with van der Waals surface area (Å²) in [4.78, 5) is 2.05. The molecule has 70 valence electrons. The van der Waals surface area contributed by atoms with Gasteiger partial charge in [0.25, 0.3) is 0 Å². The van der Waals surface area contributed by atoms with E-state index >= 15 is 0 Å². The minimum Gasteiger partial charge on any atom is -0.395 e. The zero-order chi connectivity index (χ0) is 9.61. The van der Waals surface area contributed by atoms with Gasteiger partial charge in [0.15, 0.2) is 0 Å². The summed E-state index contributed by atoms with van der Waals surface area (Å²) < 4.78 is 0. The molecule has 0 radical (unpaired) electrons. The zero-order valence-electron chi connectivity index (χ0n) is 8.52. The lowest BCUT2D eigenvalue weighted by molar-refractivity contribution is 0.161.